The number of nitrogens with zero attached hydrogens (tertiary/aromatic N) is 3. The summed E-state index contributed by atoms with van der Waals surface area (Å²) in [5.74, 6) is -1.33. The Bertz CT molecular complexity index is 1590. The highest BCUT2D eigenvalue weighted by atomic mass is 32.2. The third-order valence-corrected chi connectivity index (χ3v) is 6.92. The van der Waals surface area contributed by atoms with Gasteiger partial charge in [0.05, 0.1) is 45.0 Å². The number of halogens is 1. The van der Waals surface area contributed by atoms with Crippen LogP contribution in [0.3, 0.4) is 0 Å². The average molecular weight is 545 g/mol. The Balaban J connectivity index is 1.60. The van der Waals surface area contributed by atoms with Crippen molar-refractivity contribution in [3.05, 3.63) is 66.3 Å². The number of hydrogen-bond acceptors (Lipinski definition) is 8. The quantitative estimate of drug-likeness (QED) is 0.244. The number of H-pyrrole nitrogens is 1. The van der Waals surface area contributed by atoms with E-state index < -0.39 is 21.8 Å². The molecule has 0 aliphatic carbocycles. The summed E-state index contributed by atoms with van der Waals surface area (Å²) in [6.45, 7) is 3.37. The summed E-state index contributed by atoms with van der Waals surface area (Å²) < 4.78 is 59.6. The van der Waals surface area contributed by atoms with Gasteiger partial charge in [-0.25, -0.2) is 12.8 Å². The van der Waals surface area contributed by atoms with Crippen LogP contribution in [0.25, 0.3) is 10.9 Å². The van der Waals surface area contributed by atoms with E-state index in [2.05, 4.69) is 31.9 Å². The Morgan fingerprint density at radius 2 is 1.79 bits per heavy atom. The number of aromatic nitrogens is 4. The lowest BCUT2D eigenvalue weighted by atomic mass is 10.1. The monoisotopic (exact) mass is 544 g/mol. The summed E-state index contributed by atoms with van der Waals surface area (Å²) in [6, 6.07) is 8.15. The molecule has 12 nitrogen and oxygen atoms in total. The largest absolute Gasteiger partial charge is 0.496 e. The van der Waals surface area contributed by atoms with Gasteiger partial charge >= 0.3 is 0 Å². The number of sulfonamides is 1. The number of amides is 1. The van der Waals surface area contributed by atoms with E-state index in [1.807, 2.05) is 0 Å². The summed E-state index contributed by atoms with van der Waals surface area (Å²) in [7, 11) is 0.0158. The highest BCUT2D eigenvalue weighted by molar-refractivity contribution is 7.93. The average Bonchev–Trinajstić information content (AvgIpc) is 3.52. The fraction of sp³-hybridized carbons (Fsp3) is 0.208. The molecule has 14 heteroatoms. The third-order valence-electron chi connectivity index (χ3n) is 5.52. The van der Waals surface area contributed by atoms with Gasteiger partial charge in [-0.15, -0.1) is 0 Å². The maximum Gasteiger partial charge on any atom is 0.279 e. The number of rotatable bonds is 11. The SMILES string of the molecule is C=C(F)C(=O)NCc1cnn(Cc2cc(OC)c3c(NS(=O)(=O)c4c(OC)cccc4OC)n[nH]c3c2)c1. The number of hydrogen-bond donors (Lipinski definition) is 3. The van der Waals surface area contributed by atoms with Crippen molar-refractivity contribution >= 4 is 32.7 Å². The smallest absolute Gasteiger partial charge is 0.279 e. The number of nitrogens with one attached hydrogen (secondary N) is 3. The molecule has 1 amide bonds. The number of methoxy groups -OCH3 is 3. The van der Waals surface area contributed by atoms with Crippen LogP contribution in [0.2, 0.25) is 0 Å². The maximum atomic E-state index is 13.3. The van der Waals surface area contributed by atoms with Gasteiger partial charge in [0, 0.05) is 18.3 Å². The van der Waals surface area contributed by atoms with Crippen LogP contribution in [0.4, 0.5) is 10.2 Å². The fourth-order valence-electron chi connectivity index (χ4n) is 3.81. The zero-order valence-electron chi connectivity index (χ0n) is 20.7. The number of aromatic amines is 1. The van der Waals surface area contributed by atoms with Gasteiger partial charge in [-0.2, -0.15) is 10.2 Å². The van der Waals surface area contributed by atoms with E-state index in [1.54, 1.807) is 35.3 Å². The van der Waals surface area contributed by atoms with E-state index in [9.17, 15) is 17.6 Å². The molecule has 200 valence electrons. The Kier molecular flexibility index (Phi) is 7.52. The van der Waals surface area contributed by atoms with Crippen LogP contribution < -0.4 is 24.2 Å². The van der Waals surface area contributed by atoms with Gasteiger partial charge in [0.2, 0.25) is 0 Å². The summed E-state index contributed by atoms with van der Waals surface area (Å²) in [5, 5.41) is 14.1. The molecular formula is C24H25FN6O6S. The minimum Gasteiger partial charge on any atom is -0.496 e. The predicted molar refractivity (Wildman–Crippen MR) is 136 cm³/mol. The molecule has 2 heterocycles. The van der Waals surface area contributed by atoms with Crippen LogP contribution in [0.15, 0.2) is 60.0 Å². The molecule has 3 N–H and O–H groups in total. The van der Waals surface area contributed by atoms with Gasteiger partial charge in [0.25, 0.3) is 15.9 Å². The van der Waals surface area contributed by atoms with Crippen LogP contribution in [-0.2, 0) is 27.9 Å². The second kappa shape index (κ2) is 10.8. The first-order valence-corrected chi connectivity index (χ1v) is 12.6. The Morgan fingerprint density at radius 1 is 1.11 bits per heavy atom. The molecule has 0 aliphatic heterocycles. The summed E-state index contributed by atoms with van der Waals surface area (Å²) in [4.78, 5) is 11.2. The van der Waals surface area contributed by atoms with Crippen molar-refractivity contribution in [1.29, 1.82) is 0 Å². The van der Waals surface area contributed by atoms with Gasteiger partial charge in [0.1, 0.15) is 17.2 Å². The van der Waals surface area contributed by atoms with Crippen molar-refractivity contribution in [2.45, 2.75) is 18.0 Å². The molecule has 2 aromatic heterocycles. The first kappa shape index (κ1) is 26.5. The number of benzene rings is 2. The molecular weight excluding hydrogens is 519 g/mol. The number of anilines is 1. The lowest BCUT2D eigenvalue weighted by Crippen LogP contribution is -2.22. The molecule has 0 saturated heterocycles. The molecule has 38 heavy (non-hydrogen) atoms. The summed E-state index contributed by atoms with van der Waals surface area (Å²) in [6.07, 6.45) is 3.25. The minimum absolute atomic E-state index is 0.0305. The first-order chi connectivity index (χ1) is 18.2. The van der Waals surface area contributed by atoms with Crippen molar-refractivity contribution in [2.24, 2.45) is 0 Å². The van der Waals surface area contributed by atoms with Gasteiger partial charge in [0.15, 0.2) is 16.5 Å². The van der Waals surface area contributed by atoms with E-state index in [4.69, 9.17) is 14.2 Å². The lowest BCUT2D eigenvalue weighted by Gasteiger charge is -2.14. The third kappa shape index (κ3) is 5.39. The highest BCUT2D eigenvalue weighted by Gasteiger charge is 2.27. The molecule has 0 bridgehead atoms. The van der Waals surface area contributed by atoms with Gasteiger partial charge in [-0.05, 0) is 29.8 Å². The molecule has 4 aromatic rings. The van der Waals surface area contributed by atoms with Crippen LogP contribution >= 0.6 is 0 Å². The zero-order valence-corrected chi connectivity index (χ0v) is 21.6. The normalized spacial score (nSPS) is 11.3. The molecule has 0 fully saturated rings. The minimum atomic E-state index is -4.17. The molecule has 0 atom stereocenters. The molecule has 2 aromatic carbocycles. The van der Waals surface area contributed by atoms with Crippen molar-refractivity contribution in [3.63, 3.8) is 0 Å². The van der Waals surface area contributed by atoms with Crippen molar-refractivity contribution in [2.75, 3.05) is 26.1 Å². The predicted octanol–water partition coefficient (Wildman–Crippen LogP) is 2.73. The molecule has 0 unspecified atom stereocenters. The van der Waals surface area contributed by atoms with E-state index in [1.165, 1.54) is 33.5 Å². The summed E-state index contributed by atoms with van der Waals surface area (Å²) >= 11 is 0. The number of fused-ring (bicyclic) bond motifs is 1. The first-order valence-electron chi connectivity index (χ1n) is 11.1. The molecule has 4 rings (SSSR count). The molecule has 0 aliphatic rings. The van der Waals surface area contributed by atoms with Crippen LogP contribution in [-0.4, -0.2) is 55.6 Å². The van der Waals surface area contributed by atoms with Gasteiger partial charge in [-0.3, -0.25) is 19.3 Å². The molecule has 0 spiro atoms. The number of carbonyl (C=O) groups excluding carboxylic acids is 1. The standard InChI is InChI=1S/C24H25FN6O6S/c1-14(25)24(32)26-10-16-11-27-31(13-16)12-15-8-17-21(20(9-15)37-4)23(29-28-17)30-38(33,34)22-18(35-2)6-5-7-19(22)36-3/h5-9,11,13H,1,10,12H2,2-4H3,(H,26,32)(H2,28,29,30). The fourth-order valence-corrected chi connectivity index (χ4v) is 5.15. The zero-order chi connectivity index (χ0) is 27.4. The molecule has 0 saturated carbocycles. The van der Waals surface area contributed by atoms with Crippen LogP contribution in [0.1, 0.15) is 11.1 Å². The Labute approximate surface area is 217 Å². The molecule has 0 radical (unpaired) electrons. The van der Waals surface area contributed by atoms with Gasteiger partial charge < -0.3 is 19.5 Å². The van der Waals surface area contributed by atoms with Gasteiger partial charge in [-0.1, -0.05) is 12.6 Å². The maximum absolute atomic E-state index is 13.3. The van der Waals surface area contributed by atoms with E-state index >= 15 is 0 Å². The number of ether oxygens (including phenoxy) is 3. The van der Waals surface area contributed by atoms with E-state index in [-0.39, 0.29) is 28.8 Å². The van der Waals surface area contributed by atoms with Crippen LogP contribution in [0, 0.1) is 0 Å². The summed E-state index contributed by atoms with van der Waals surface area (Å²) in [5.41, 5.74) is 1.96. The van der Waals surface area contributed by atoms with Crippen LogP contribution in [0.5, 0.6) is 17.2 Å². The second-order valence-electron chi connectivity index (χ2n) is 8.02. The Hall–Kier alpha value is -4.59. The Morgan fingerprint density at radius 3 is 2.42 bits per heavy atom. The van der Waals surface area contributed by atoms with Crippen molar-refractivity contribution in [3.8, 4) is 17.2 Å². The van der Waals surface area contributed by atoms with Crippen molar-refractivity contribution in [1.82, 2.24) is 25.3 Å². The second-order valence-corrected chi connectivity index (χ2v) is 9.64. The highest BCUT2D eigenvalue weighted by Crippen LogP contribution is 2.37. The van der Waals surface area contributed by atoms with E-state index in [0.29, 0.717) is 28.8 Å². The number of carbonyl (C=O) groups is 1. The van der Waals surface area contributed by atoms with Crippen molar-refractivity contribution < 1.29 is 31.8 Å². The lowest BCUT2D eigenvalue weighted by molar-refractivity contribution is -0.119. The topological polar surface area (TPSA) is 149 Å². The van der Waals surface area contributed by atoms with E-state index in [0.717, 1.165) is 5.56 Å².